The highest BCUT2D eigenvalue weighted by molar-refractivity contribution is 7.89. The van der Waals surface area contributed by atoms with Crippen LogP contribution in [0.3, 0.4) is 0 Å². The molecule has 1 aliphatic heterocycles. The number of benzene rings is 2. The molecule has 0 fully saturated rings. The van der Waals surface area contributed by atoms with Crippen LogP contribution in [0.25, 0.3) is 10.9 Å². The number of carbonyl (C=O) groups is 1. The van der Waals surface area contributed by atoms with Crippen molar-refractivity contribution >= 4 is 32.5 Å². The molecule has 0 unspecified atom stereocenters. The van der Waals surface area contributed by atoms with E-state index in [2.05, 4.69) is 4.98 Å². The Bertz CT molecular complexity index is 1190. The molecule has 0 saturated carbocycles. The summed E-state index contributed by atoms with van der Waals surface area (Å²) in [5, 5.41) is 0.999. The molecule has 6 nitrogen and oxygen atoms in total. The Labute approximate surface area is 171 Å². The van der Waals surface area contributed by atoms with Gasteiger partial charge in [0.25, 0.3) is 5.91 Å². The van der Waals surface area contributed by atoms with Crippen molar-refractivity contribution in [1.29, 1.82) is 0 Å². The van der Waals surface area contributed by atoms with E-state index in [4.69, 9.17) is 0 Å². The van der Waals surface area contributed by atoms with Gasteiger partial charge in [0.05, 0.1) is 4.90 Å². The molecule has 0 spiro atoms. The van der Waals surface area contributed by atoms with Gasteiger partial charge >= 0.3 is 0 Å². The van der Waals surface area contributed by atoms with E-state index >= 15 is 0 Å². The molecule has 3 aromatic rings. The number of aromatic nitrogens is 1. The number of rotatable bonds is 5. The van der Waals surface area contributed by atoms with Gasteiger partial charge in [0.2, 0.25) is 10.0 Å². The van der Waals surface area contributed by atoms with Gasteiger partial charge in [0, 0.05) is 36.2 Å². The van der Waals surface area contributed by atoms with Crippen LogP contribution < -0.4 is 4.90 Å². The molecular formula is C22H25N3O3S. The number of aromatic amines is 1. The summed E-state index contributed by atoms with van der Waals surface area (Å²) >= 11 is 0. The second-order valence-electron chi connectivity index (χ2n) is 7.36. The smallest absolute Gasteiger partial charge is 0.274 e. The average Bonchev–Trinajstić information content (AvgIpc) is 3.31. The van der Waals surface area contributed by atoms with Crippen LogP contribution in [0.1, 0.15) is 35.5 Å². The lowest BCUT2D eigenvalue weighted by atomic mass is 10.2. The fourth-order valence-electron chi connectivity index (χ4n) is 3.96. The van der Waals surface area contributed by atoms with Gasteiger partial charge in [-0.25, -0.2) is 8.42 Å². The van der Waals surface area contributed by atoms with Gasteiger partial charge < -0.3 is 9.88 Å². The van der Waals surface area contributed by atoms with E-state index in [-0.39, 0.29) is 10.8 Å². The predicted octanol–water partition coefficient (Wildman–Crippen LogP) is 3.71. The van der Waals surface area contributed by atoms with Crippen LogP contribution in [0.2, 0.25) is 0 Å². The molecular weight excluding hydrogens is 386 g/mol. The summed E-state index contributed by atoms with van der Waals surface area (Å²) < 4.78 is 27.0. The quantitative estimate of drug-likeness (QED) is 0.696. The summed E-state index contributed by atoms with van der Waals surface area (Å²) in [5.74, 6) is -0.100. The van der Waals surface area contributed by atoms with Crippen LogP contribution >= 0.6 is 0 Å². The highest BCUT2D eigenvalue weighted by Crippen LogP contribution is 2.32. The summed E-state index contributed by atoms with van der Waals surface area (Å²) in [7, 11) is -3.51. The van der Waals surface area contributed by atoms with Crippen LogP contribution in [-0.4, -0.2) is 43.2 Å². The normalized spacial score (nSPS) is 14.0. The zero-order chi connectivity index (χ0) is 20.8. The van der Waals surface area contributed by atoms with E-state index < -0.39 is 10.0 Å². The van der Waals surface area contributed by atoms with Gasteiger partial charge in [-0.1, -0.05) is 26.0 Å². The van der Waals surface area contributed by atoms with Crippen molar-refractivity contribution in [1.82, 2.24) is 9.29 Å². The maximum atomic E-state index is 13.1. The first-order valence-electron chi connectivity index (χ1n) is 9.89. The molecule has 2 aromatic carbocycles. The molecule has 2 heterocycles. The summed E-state index contributed by atoms with van der Waals surface area (Å²) in [6.07, 6.45) is 0.641. The van der Waals surface area contributed by atoms with E-state index in [1.54, 1.807) is 23.1 Å². The number of nitrogens with zero attached hydrogens (tertiary/aromatic N) is 2. The van der Waals surface area contributed by atoms with Crippen molar-refractivity contribution < 1.29 is 13.2 Å². The Balaban J connectivity index is 1.65. The number of carbonyl (C=O) groups excluding carboxylic acids is 1. The maximum Gasteiger partial charge on any atom is 0.274 e. The summed E-state index contributed by atoms with van der Waals surface area (Å²) in [4.78, 5) is 18.3. The highest BCUT2D eigenvalue weighted by Gasteiger charge is 2.29. The van der Waals surface area contributed by atoms with Crippen molar-refractivity contribution in [2.24, 2.45) is 0 Å². The SMILES string of the molecule is CCN(CC)S(=O)(=O)c1ccc2c(c1)CCN2C(=O)c1cc2ccc(C)cc2[nH]1. The molecule has 7 heteroatoms. The third-order valence-electron chi connectivity index (χ3n) is 5.54. The Hall–Kier alpha value is -2.64. The van der Waals surface area contributed by atoms with Gasteiger partial charge in [0.1, 0.15) is 5.69 Å². The second kappa shape index (κ2) is 7.31. The van der Waals surface area contributed by atoms with Gasteiger partial charge in [-0.2, -0.15) is 4.31 Å². The Morgan fingerprint density at radius 3 is 2.59 bits per heavy atom. The van der Waals surface area contributed by atoms with Crippen LogP contribution in [0.5, 0.6) is 0 Å². The lowest BCUT2D eigenvalue weighted by Gasteiger charge is -2.20. The number of H-pyrrole nitrogens is 1. The standard InChI is InChI=1S/C22H25N3O3S/c1-4-24(5-2)29(27,28)18-8-9-21-17(13-18)10-11-25(21)22(26)20-14-16-7-6-15(3)12-19(16)23-20/h6-9,12-14,23H,4-5,10-11H2,1-3H3. The number of hydrogen-bond acceptors (Lipinski definition) is 3. The number of amides is 1. The van der Waals surface area contributed by atoms with Crippen molar-refractivity contribution in [2.75, 3.05) is 24.5 Å². The maximum absolute atomic E-state index is 13.1. The van der Waals surface area contributed by atoms with Crippen molar-refractivity contribution in [2.45, 2.75) is 32.1 Å². The van der Waals surface area contributed by atoms with Crippen LogP contribution in [0.4, 0.5) is 5.69 Å². The largest absolute Gasteiger partial charge is 0.351 e. The monoisotopic (exact) mass is 411 g/mol. The molecule has 1 aliphatic rings. The average molecular weight is 412 g/mol. The van der Waals surface area contributed by atoms with E-state index in [0.717, 1.165) is 27.7 Å². The van der Waals surface area contributed by atoms with Crippen LogP contribution in [-0.2, 0) is 16.4 Å². The minimum absolute atomic E-state index is 0.100. The zero-order valence-corrected chi connectivity index (χ0v) is 17.7. The van der Waals surface area contributed by atoms with E-state index in [0.29, 0.717) is 31.7 Å². The van der Waals surface area contributed by atoms with Gasteiger partial charge in [0.15, 0.2) is 0 Å². The highest BCUT2D eigenvalue weighted by atomic mass is 32.2. The summed E-state index contributed by atoms with van der Waals surface area (Å²) in [6, 6.07) is 13.0. The third-order valence-corrected chi connectivity index (χ3v) is 7.59. The molecule has 29 heavy (non-hydrogen) atoms. The first kappa shape index (κ1) is 19.7. The minimum Gasteiger partial charge on any atom is -0.351 e. The summed E-state index contributed by atoms with van der Waals surface area (Å²) in [6.45, 7) is 7.08. The number of sulfonamides is 1. The van der Waals surface area contributed by atoms with E-state index in [9.17, 15) is 13.2 Å². The Morgan fingerprint density at radius 2 is 1.86 bits per heavy atom. The molecule has 152 valence electrons. The Morgan fingerprint density at radius 1 is 1.10 bits per heavy atom. The fourth-order valence-corrected chi connectivity index (χ4v) is 5.47. The Kier molecular flexibility index (Phi) is 4.96. The minimum atomic E-state index is -3.51. The number of hydrogen-bond donors (Lipinski definition) is 1. The second-order valence-corrected chi connectivity index (χ2v) is 9.30. The summed E-state index contributed by atoms with van der Waals surface area (Å²) in [5.41, 5.74) is 4.28. The number of anilines is 1. The molecule has 1 N–H and O–H groups in total. The van der Waals surface area contributed by atoms with Gasteiger partial charge in [-0.15, -0.1) is 0 Å². The lowest BCUT2D eigenvalue weighted by Crippen LogP contribution is -2.31. The molecule has 1 amide bonds. The molecule has 0 aliphatic carbocycles. The molecule has 0 atom stereocenters. The third kappa shape index (κ3) is 3.34. The zero-order valence-electron chi connectivity index (χ0n) is 16.9. The van der Waals surface area contributed by atoms with Crippen LogP contribution in [0.15, 0.2) is 47.4 Å². The van der Waals surface area contributed by atoms with Crippen molar-refractivity contribution in [3.05, 3.63) is 59.3 Å². The van der Waals surface area contributed by atoms with Crippen molar-refractivity contribution in [3.8, 4) is 0 Å². The molecule has 1 aromatic heterocycles. The topological polar surface area (TPSA) is 73.5 Å². The fraction of sp³-hybridized carbons (Fsp3) is 0.318. The first-order valence-corrected chi connectivity index (χ1v) is 11.3. The first-order chi connectivity index (χ1) is 13.8. The molecule has 0 radical (unpaired) electrons. The number of aryl methyl sites for hydroxylation is 1. The predicted molar refractivity (Wildman–Crippen MR) is 115 cm³/mol. The van der Waals surface area contributed by atoms with E-state index in [1.165, 1.54) is 4.31 Å². The van der Waals surface area contributed by atoms with Crippen LogP contribution in [0, 0.1) is 6.92 Å². The molecule has 0 bridgehead atoms. The van der Waals surface area contributed by atoms with Crippen molar-refractivity contribution in [3.63, 3.8) is 0 Å². The van der Waals surface area contributed by atoms with E-state index in [1.807, 2.05) is 45.0 Å². The molecule has 0 saturated heterocycles. The molecule has 4 rings (SSSR count). The number of fused-ring (bicyclic) bond motifs is 2. The van der Waals surface area contributed by atoms with Gasteiger partial charge in [-0.3, -0.25) is 4.79 Å². The number of nitrogens with one attached hydrogen (secondary N) is 1. The van der Waals surface area contributed by atoms with Gasteiger partial charge in [-0.05, 0) is 54.8 Å². The lowest BCUT2D eigenvalue weighted by molar-refractivity contribution is 0.0985.